The number of aromatic nitrogens is 3. The van der Waals surface area contributed by atoms with Gasteiger partial charge in [0.15, 0.2) is 10.9 Å². The number of allylic oxidation sites excluding steroid dienone is 1. The Balaban J connectivity index is 1.71. The quantitative estimate of drug-likeness (QED) is 0.189. The summed E-state index contributed by atoms with van der Waals surface area (Å²) in [6, 6.07) is 15.5. The van der Waals surface area contributed by atoms with Crippen LogP contribution in [-0.2, 0) is 13.6 Å². The largest absolute Gasteiger partial charge is 0.348 e. The summed E-state index contributed by atoms with van der Waals surface area (Å²) in [5.41, 5.74) is 1.58. The summed E-state index contributed by atoms with van der Waals surface area (Å²) < 4.78 is 3.38. The first-order valence-electron chi connectivity index (χ1n) is 9.06. The third-order valence-corrected chi connectivity index (χ3v) is 6.60. The number of thioether (sulfide) groups is 1. The molecule has 0 spiro atoms. The average Bonchev–Trinajstić information content (AvgIpc) is 3.36. The first-order valence-corrected chi connectivity index (χ1v) is 10.9. The van der Waals surface area contributed by atoms with Gasteiger partial charge in [0.1, 0.15) is 4.83 Å². The summed E-state index contributed by atoms with van der Waals surface area (Å²) in [5, 5.41) is 1.13. The van der Waals surface area contributed by atoms with E-state index < -0.39 is 0 Å². The van der Waals surface area contributed by atoms with Crippen molar-refractivity contribution in [3.05, 3.63) is 83.4 Å². The highest BCUT2D eigenvalue weighted by molar-refractivity contribution is 7.99. The second kappa shape index (κ2) is 8.23. The van der Waals surface area contributed by atoms with Crippen LogP contribution in [0.1, 0.15) is 10.5 Å². The number of carbonyl (C=O) groups is 1. The van der Waals surface area contributed by atoms with E-state index in [1.54, 1.807) is 21.3 Å². The maximum atomic E-state index is 13.1. The van der Waals surface area contributed by atoms with Gasteiger partial charge in [-0.05, 0) is 23.8 Å². The lowest BCUT2D eigenvalue weighted by Gasteiger charge is -2.09. The van der Waals surface area contributed by atoms with Gasteiger partial charge in [-0.3, -0.25) is 14.2 Å². The Kier molecular flexibility index (Phi) is 5.51. The molecule has 0 fully saturated rings. The molecule has 3 aromatic heterocycles. The van der Waals surface area contributed by atoms with Crippen LogP contribution < -0.4 is 5.56 Å². The Morgan fingerprint density at radius 3 is 2.72 bits per heavy atom. The Hall–Kier alpha value is -2.90. The third-order valence-electron chi connectivity index (χ3n) is 4.55. The molecule has 0 amide bonds. The summed E-state index contributed by atoms with van der Waals surface area (Å²) in [4.78, 5) is 32.0. The van der Waals surface area contributed by atoms with Crippen LogP contribution in [0.4, 0.5) is 0 Å². The van der Waals surface area contributed by atoms with Crippen LogP contribution in [0.2, 0.25) is 0 Å². The number of fused-ring (bicyclic) bond motifs is 1. The Bertz CT molecular complexity index is 1250. The van der Waals surface area contributed by atoms with Gasteiger partial charge in [0.2, 0.25) is 0 Å². The van der Waals surface area contributed by atoms with Gasteiger partial charge in [0, 0.05) is 24.7 Å². The van der Waals surface area contributed by atoms with Gasteiger partial charge < -0.3 is 4.57 Å². The highest BCUT2D eigenvalue weighted by Crippen LogP contribution is 2.32. The number of aryl methyl sites for hydroxylation is 1. The van der Waals surface area contributed by atoms with Crippen LogP contribution in [-0.4, -0.2) is 25.7 Å². The SMILES string of the molecule is C=CCn1c(SCC(=O)c2cccn2C)nc2sc(-c3ccccc3)cc2c1=O. The van der Waals surface area contributed by atoms with Crippen molar-refractivity contribution in [1.82, 2.24) is 14.1 Å². The van der Waals surface area contributed by atoms with E-state index in [1.165, 1.54) is 23.1 Å². The van der Waals surface area contributed by atoms with Crippen molar-refractivity contribution in [3.8, 4) is 10.4 Å². The van der Waals surface area contributed by atoms with Crippen LogP contribution in [0, 0.1) is 0 Å². The lowest BCUT2D eigenvalue weighted by Crippen LogP contribution is -2.22. The fraction of sp³-hybridized carbons (Fsp3) is 0.136. The number of rotatable bonds is 7. The number of carbonyl (C=O) groups excluding carboxylic acids is 1. The number of Topliss-reactive ketones (excluding diaryl/α,β-unsaturated/α-hetero) is 1. The molecule has 0 atom stereocenters. The Labute approximate surface area is 176 Å². The smallest absolute Gasteiger partial charge is 0.263 e. The van der Waals surface area contributed by atoms with E-state index >= 15 is 0 Å². The molecule has 4 aromatic rings. The van der Waals surface area contributed by atoms with Crippen LogP contribution in [0.15, 0.2) is 77.3 Å². The zero-order valence-electron chi connectivity index (χ0n) is 15.9. The molecule has 0 N–H and O–H groups in total. The molecule has 0 aliphatic heterocycles. The fourth-order valence-corrected chi connectivity index (χ4v) is 5.06. The average molecular weight is 422 g/mol. The van der Waals surface area contributed by atoms with Gasteiger partial charge in [-0.1, -0.05) is 48.2 Å². The zero-order chi connectivity index (χ0) is 20.4. The van der Waals surface area contributed by atoms with Crippen molar-refractivity contribution >= 4 is 39.1 Å². The standard InChI is InChI=1S/C22H19N3O2S2/c1-3-11-25-21(27)16-13-19(15-8-5-4-6-9-15)29-20(16)23-22(25)28-14-18(26)17-10-7-12-24(17)2/h3-10,12-13H,1,11,14H2,2H3. The molecule has 0 saturated heterocycles. The van der Waals surface area contributed by atoms with Crippen LogP contribution in [0.5, 0.6) is 0 Å². The number of ketones is 1. The van der Waals surface area contributed by atoms with E-state index in [4.69, 9.17) is 4.98 Å². The predicted molar refractivity (Wildman–Crippen MR) is 120 cm³/mol. The van der Waals surface area contributed by atoms with E-state index in [9.17, 15) is 9.59 Å². The van der Waals surface area contributed by atoms with Crippen molar-refractivity contribution in [2.45, 2.75) is 11.7 Å². The van der Waals surface area contributed by atoms with E-state index in [1.807, 2.05) is 55.7 Å². The summed E-state index contributed by atoms with van der Waals surface area (Å²) in [6.45, 7) is 4.10. The highest BCUT2D eigenvalue weighted by Gasteiger charge is 2.17. The molecule has 0 unspecified atom stereocenters. The highest BCUT2D eigenvalue weighted by atomic mass is 32.2. The predicted octanol–water partition coefficient (Wildman–Crippen LogP) is 4.62. The van der Waals surface area contributed by atoms with Gasteiger partial charge in [-0.15, -0.1) is 17.9 Å². The minimum absolute atomic E-state index is 0.00171. The molecule has 29 heavy (non-hydrogen) atoms. The first-order chi connectivity index (χ1) is 14.1. The van der Waals surface area contributed by atoms with Gasteiger partial charge in [-0.25, -0.2) is 4.98 Å². The van der Waals surface area contributed by atoms with E-state index in [2.05, 4.69) is 6.58 Å². The van der Waals surface area contributed by atoms with E-state index in [0.717, 1.165) is 10.4 Å². The number of thiophene rings is 1. The number of benzene rings is 1. The molecule has 4 rings (SSSR count). The second-order valence-electron chi connectivity index (χ2n) is 6.51. The van der Waals surface area contributed by atoms with Gasteiger partial charge >= 0.3 is 0 Å². The van der Waals surface area contributed by atoms with Gasteiger partial charge in [0.05, 0.1) is 16.8 Å². The van der Waals surface area contributed by atoms with Crippen LogP contribution in [0.25, 0.3) is 20.7 Å². The molecule has 0 aliphatic rings. The molecule has 7 heteroatoms. The van der Waals surface area contributed by atoms with Crippen molar-refractivity contribution in [3.63, 3.8) is 0 Å². The van der Waals surface area contributed by atoms with Gasteiger partial charge in [-0.2, -0.15) is 0 Å². The molecule has 5 nitrogen and oxygen atoms in total. The van der Waals surface area contributed by atoms with Crippen molar-refractivity contribution in [1.29, 1.82) is 0 Å². The summed E-state index contributed by atoms with van der Waals surface area (Å²) in [6.07, 6.45) is 3.51. The van der Waals surface area contributed by atoms with Crippen molar-refractivity contribution in [2.24, 2.45) is 7.05 Å². The van der Waals surface area contributed by atoms with Crippen LogP contribution >= 0.6 is 23.1 Å². The second-order valence-corrected chi connectivity index (χ2v) is 8.48. The van der Waals surface area contributed by atoms with Crippen molar-refractivity contribution < 1.29 is 4.79 Å². The van der Waals surface area contributed by atoms with Crippen molar-refractivity contribution in [2.75, 3.05) is 5.75 Å². The summed E-state index contributed by atoms with van der Waals surface area (Å²) in [5.74, 6) is 0.210. The Morgan fingerprint density at radius 2 is 2.03 bits per heavy atom. The summed E-state index contributed by atoms with van der Waals surface area (Å²) >= 11 is 2.77. The molecule has 1 aromatic carbocycles. The zero-order valence-corrected chi connectivity index (χ0v) is 17.5. The van der Waals surface area contributed by atoms with Gasteiger partial charge in [0.25, 0.3) is 5.56 Å². The molecule has 3 heterocycles. The lowest BCUT2D eigenvalue weighted by molar-refractivity contribution is 0.101. The normalized spacial score (nSPS) is 11.1. The molecule has 0 bridgehead atoms. The lowest BCUT2D eigenvalue weighted by atomic mass is 10.2. The number of hydrogen-bond donors (Lipinski definition) is 0. The fourth-order valence-electron chi connectivity index (χ4n) is 3.10. The molecular weight excluding hydrogens is 402 g/mol. The summed E-state index contributed by atoms with van der Waals surface area (Å²) in [7, 11) is 1.84. The number of nitrogens with zero attached hydrogens (tertiary/aromatic N) is 3. The maximum Gasteiger partial charge on any atom is 0.263 e. The van der Waals surface area contributed by atoms with E-state index in [0.29, 0.717) is 27.6 Å². The first kappa shape index (κ1) is 19.4. The van der Waals surface area contributed by atoms with E-state index in [-0.39, 0.29) is 17.1 Å². The van der Waals surface area contributed by atoms with Crippen LogP contribution in [0.3, 0.4) is 0 Å². The number of hydrogen-bond acceptors (Lipinski definition) is 5. The Morgan fingerprint density at radius 1 is 1.24 bits per heavy atom. The molecular formula is C22H19N3O2S2. The minimum Gasteiger partial charge on any atom is -0.348 e. The molecule has 0 radical (unpaired) electrons. The maximum absolute atomic E-state index is 13.1. The topological polar surface area (TPSA) is 56.9 Å². The molecule has 0 saturated carbocycles. The molecule has 0 aliphatic carbocycles. The monoisotopic (exact) mass is 421 g/mol. The minimum atomic E-state index is -0.109. The third kappa shape index (κ3) is 3.83. The molecule has 146 valence electrons.